The molecule has 11 heteroatoms. The van der Waals surface area contributed by atoms with E-state index in [0.29, 0.717) is 22.9 Å². The van der Waals surface area contributed by atoms with E-state index in [1.807, 2.05) is 38.1 Å². The summed E-state index contributed by atoms with van der Waals surface area (Å²) in [5.74, 6) is -0.584. The van der Waals surface area contributed by atoms with Gasteiger partial charge in [0, 0.05) is 24.0 Å². The van der Waals surface area contributed by atoms with E-state index in [9.17, 15) is 26.4 Å². The molecular formula is C32H33F3N4O3S. The van der Waals surface area contributed by atoms with Crippen molar-refractivity contribution in [3.8, 4) is 0 Å². The zero-order chi connectivity index (χ0) is 31.0. The Balaban J connectivity index is 1.32. The van der Waals surface area contributed by atoms with Crippen molar-refractivity contribution in [2.45, 2.75) is 43.3 Å². The Hall–Kier alpha value is -3.96. The van der Waals surface area contributed by atoms with Crippen molar-refractivity contribution < 1.29 is 26.4 Å². The lowest BCUT2D eigenvalue weighted by Crippen LogP contribution is -2.41. The van der Waals surface area contributed by atoms with Crippen molar-refractivity contribution in [3.63, 3.8) is 0 Å². The summed E-state index contributed by atoms with van der Waals surface area (Å²) >= 11 is 0. The lowest BCUT2D eigenvalue weighted by molar-refractivity contribution is -0.168. The van der Waals surface area contributed by atoms with Crippen molar-refractivity contribution in [3.05, 3.63) is 102 Å². The minimum atomic E-state index is -4.45. The number of aromatic nitrogens is 2. The summed E-state index contributed by atoms with van der Waals surface area (Å²) in [7, 11) is -0.165. The smallest absolute Gasteiger partial charge is 0.351 e. The molecule has 43 heavy (non-hydrogen) atoms. The fourth-order valence-electron chi connectivity index (χ4n) is 5.24. The van der Waals surface area contributed by atoms with Crippen LogP contribution in [0.25, 0.3) is 16.5 Å². The van der Waals surface area contributed by atoms with Crippen LogP contribution in [-0.4, -0.2) is 61.3 Å². The summed E-state index contributed by atoms with van der Waals surface area (Å²) in [5.41, 5.74) is 0.650. The number of benzene rings is 3. The molecule has 1 atom stereocenters. The van der Waals surface area contributed by atoms with Crippen LogP contribution >= 0.6 is 0 Å². The second-order valence-corrected chi connectivity index (χ2v) is 13.0. The molecule has 0 unspecified atom stereocenters. The SMILES string of the molecule is Cc1ccc(S(=O)(=O)n2ncc3cc(C[C@@H](CNC(=O)C=C(c4ccccc4)C4(C(F)(F)F)CC4)N(C)C)ccc32)cc1. The molecule has 1 saturated carbocycles. The number of amides is 1. The number of alkyl halides is 3. The standard InChI is InChI=1S/C32H33F3N4O3S/c1-22-9-12-27(13-10-22)43(41,42)39-29-14-11-23(17-25(29)20-37-39)18-26(38(2)3)21-36-30(40)19-28(24-7-5-4-6-8-24)31(15-16-31)32(33,34)35/h4-14,17,19-20,26H,15-16,18,21H2,1-3H3,(H,36,40)/t26-/m0/s1. The van der Waals surface area contributed by atoms with Crippen LogP contribution in [0.3, 0.4) is 0 Å². The van der Waals surface area contributed by atoms with Gasteiger partial charge in [-0.05, 0) is 81.2 Å². The van der Waals surface area contributed by atoms with Gasteiger partial charge >= 0.3 is 6.18 Å². The summed E-state index contributed by atoms with van der Waals surface area (Å²) in [6.45, 7) is 2.08. The lowest BCUT2D eigenvalue weighted by Gasteiger charge is -2.25. The van der Waals surface area contributed by atoms with Crippen molar-refractivity contribution in [1.29, 1.82) is 0 Å². The Morgan fingerprint density at radius 2 is 1.74 bits per heavy atom. The number of carbonyl (C=O) groups is 1. The second kappa shape index (κ2) is 11.6. The summed E-state index contributed by atoms with van der Waals surface area (Å²) < 4.78 is 69.4. The molecule has 1 amide bonds. The van der Waals surface area contributed by atoms with Gasteiger partial charge < -0.3 is 10.2 Å². The highest BCUT2D eigenvalue weighted by atomic mass is 32.2. The summed E-state index contributed by atoms with van der Waals surface area (Å²) in [6, 6.07) is 20.0. The lowest BCUT2D eigenvalue weighted by atomic mass is 9.88. The molecule has 1 N–H and O–H groups in total. The number of nitrogens with zero attached hydrogens (tertiary/aromatic N) is 3. The zero-order valence-corrected chi connectivity index (χ0v) is 24.9. The van der Waals surface area contributed by atoms with Crippen molar-refractivity contribution in [1.82, 2.24) is 19.4 Å². The van der Waals surface area contributed by atoms with Gasteiger partial charge in [0.05, 0.1) is 22.0 Å². The van der Waals surface area contributed by atoms with Gasteiger partial charge in [0.25, 0.3) is 10.0 Å². The molecule has 0 radical (unpaired) electrons. The molecule has 0 bridgehead atoms. The molecule has 5 rings (SSSR count). The van der Waals surface area contributed by atoms with Gasteiger partial charge in [-0.15, -0.1) is 0 Å². The highest BCUT2D eigenvalue weighted by Crippen LogP contribution is 2.64. The van der Waals surface area contributed by atoms with Crippen LogP contribution in [0.5, 0.6) is 0 Å². The van der Waals surface area contributed by atoms with Crippen molar-refractivity contribution >= 4 is 32.4 Å². The number of hydrogen-bond donors (Lipinski definition) is 1. The quantitative estimate of drug-likeness (QED) is 0.237. The molecule has 0 spiro atoms. The highest BCUT2D eigenvalue weighted by molar-refractivity contribution is 7.90. The number of allylic oxidation sites excluding steroid dienone is 1. The van der Waals surface area contributed by atoms with Crippen molar-refractivity contribution in [2.24, 2.45) is 5.41 Å². The number of halogens is 3. The molecule has 1 aliphatic rings. The zero-order valence-electron chi connectivity index (χ0n) is 24.1. The fraction of sp³-hybridized carbons (Fsp3) is 0.312. The van der Waals surface area contributed by atoms with Crippen LogP contribution in [0.4, 0.5) is 13.2 Å². The number of likely N-dealkylation sites (N-methyl/N-ethyl adjacent to an activating group) is 1. The average Bonchev–Trinajstić information content (AvgIpc) is 3.67. The van der Waals surface area contributed by atoms with Crippen LogP contribution in [0, 0.1) is 12.3 Å². The highest BCUT2D eigenvalue weighted by Gasteiger charge is 2.65. The molecule has 1 aliphatic carbocycles. The molecule has 4 aromatic rings. The van der Waals surface area contributed by atoms with Crippen molar-refractivity contribution in [2.75, 3.05) is 20.6 Å². The predicted molar refractivity (Wildman–Crippen MR) is 160 cm³/mol. The van der Waals surface area contributed by atoms with Gasteiger partial charge in [0.15, 0.2) is 0 Å². The van der Waals surface area contributed by atoms with E-state index in [2.05, 4.69) is 10.4 Å². The Labute approximate surface area is 249 Å². The third-order valence-electron chi connectivity index (χ3n) is 8.03. The third-order valence-corrected chi connectivity index (χ3v) is 9.64. The van der Waals surface area contributed by atoms with Crippen LogP contribution < -0.4 is 5.32 Å². The second-order valence-electron chi connectivity index (χ2n) is 11.3. The van der Waals surface area contributed by atoms with Crippen LogP contribution in [0.2, 0.25) is 0 Å². The normalized spacial score (nSPS) is 15.9. The number of nitrogens with one attached hydrogen (secondary N) is 1. The number of fused-ring (bicyclic) bond motifs is 1. The monoisotopic (exact) mass is 610 g/mol. The molecule has 3 aromatic carbocycles. The van der Waals surface area contributed by atoms with Gasteiger partial charge in [-0.1, -0.05) is 54.1 Å². The average molecular weight is 611 g/mol. The van der Waals surface area contributed by atoms with Gasteiger partial charge in [-0.3, -0.25) is 4.79 Å². The van der Waals surface area contributed by atoms with E-state index >= 15 is 0 Å². The van der Waals surface area contributed by atoms with Crippen LogP contribution in [0.1, 0.15) is 29.5 Å². The van der Waals surface area contributed by atoms with E-state index in [0.717, 1.165) is 21.3 Å². The molecule has 1 aromatic heterocycles. The maximum absolute atomic E-state index is 14.0. The molecular weight excluding hydrogens is 577 g/mol. The third kappa shape index (κ3) is 6.23. The molecule has 7 nitrogen and oxygen atoms in total. The first-order valence-corrected chi connectivity index (χ1v) is 15.3. The molecule has 1 heterocycles. The molecule has 0 saturated heterocycles. The number of carbonyl (C=O) groups excluding carboxylic acids is 1. The Bertz CT molecular complexity index is 1760. The van der Waals surface area contributed by atoms with Gasteiger partial charge in [0.1, 0.15) is 0 Å². The number of hydrogen-bond acceptors (Lipinski definition) is 5. The molecule has 0 aliphatic heterocycles. The molecule has 226 valence electrons. The Kier molecular flexibility index (Phi) is 8.24. The first-order valence-electron chi connectivity index (χ1n) is 13.9. The first-order chi connectivity index (χ1) is 20.3. The fourth-order valence-corrected chi connectivity index (χ4v) is 6.52. The number of rotatable bonds is 10. The van der Waals surface area contributed by atoms with E-state index in [-0.39, 0.29) is 35.9 Å². The van der Waals surface area contributed by atoms with E-state index in [4.69, 9.17) is 0 Å². The topological polar surface area (TPSA) is 84.3 Å². The van der Waals surface area contributed by atoms with Crippen LogP contribution in [0.15, 0.2) is 90.0 Å². The summed E-state index contributed by atoms with van der Waals surface area (Å²) in [4.78, 5) is 15.0. The van der Waals surface area contributed by atoms with Gasteiger partial charge in [0.2, 0.25) is 5.91 Å². The minimum Gasteiger partial charge on any atom is -0.351 e. The minimum absolute atomic E-state index is 0.0115. The summed E-state index contributed by atoms with van der Waals surface area (Å²) in [6.07, 6.45) is -1.45. The predicted octanol–water partition coefficient (Wildman–Crippen LogP) is 5.60. The van der Waals surface area contributed by atoms with E-state index in [1.54, 1.807) is 60.7 Å². The Morgan fingerprint density at radius 3 is 2.35 bits per heavy atom. The van der Waals surface area contributed by atoms with Gasteiger partial charge in [-0.2, -0.15) is 30.8 Å². The number of aryl methyl sites for hydroxylation is 1. The van der Waals surface area contributed by atoms with E-state index in [1.165, 1.54) is 6.20 Å². The molecule has 1 fully saturated rings. The first kappa shape index (κ1) is 30.5. The summed E-state index contributed by atoms with van der Waals surface area (Å²) in [5, 5.41) is 7.59. The van der Waals surface area contributed by atoms with E-state index < -0.39 is 27.5 Å². The van der Waals surface area contributed by atoms with Gasteiger partial charge in [-0.25, -0.2) is 0 Å². The Morgan fingerprint density at radius 1 is 1.07 bits per heavy atom. The maximum atomic E-state index is 14.0. The van der Waals surface area contributed by atoms with Crippen LogP contribution in [-0.2, 0) is 21.2 Å². The maximum Gasteiger partial charge on any atom is 0.398 e. The largest absolute Gasteiger partial charge is 0.398 e.